The fourth-order valence-electron chi connectivity index (χ4n) is 2.47. The van der Waals surface area contributed by atoms with Crippen LogP contribution >= 0.6 is 0 Å². The van der Waals surface area contributed by atoms with Gasteiger partial charge < -0.3 is 5.32 Å². The van der Waals surface area contributed by atoms with Crippen molar-refractivity contribution in [2.75, 3.05) is 26.2 Å². The number of aromatic nitrogens is 1. The first-order valence-corrected chi connectivity index (χ1v) is 6.71. The summed E-state index contributed by atoms with van der Waals surface area (Å²) in [5.74, 6) is 0.812. The maximum absolute atomic E-state index is 4.40. The lowest BCUT2D eigenvalue weighted by molar-refractivity contribution is 0.208. The molecule has 3 nitrogen and oxygen atoms in total. The van der Waals surface area contributed by atoms with E-state index in [2.05, 4.69) is 34.3 Å². The van der Waals surface area contributed by atoms with Crippen LogP contribution in [0.15, 0.2) is 24.4 Å². The molecule has 1 fully saturated rings. The Kier molecular flexibility index (Phi) is 4.95. The van der Waals surface area contributed by atoms with E-state index in [9.17, 15) is 0 Å². The molecule has 3 heteroatoms. The molecule has 1 aliphatic heterocycles. The van der Waals surface area contributed by atoms with Gasteiger partial charge in [0, 0.05) is 19.3 Å². The largest absolute Gasteiger partial charge is 0.316 e. The van der Waals surface area contributed by atoms with Crippen LogP contribution in [0, 0.1) is 5.92 Å². The van der Waals surface area contributed by atoms with E-state index >= 15 is 0 Å². The topological polar surface area (TPSA) is 28.2 Å². The predicted octanol–water partition coefficient (Wildman–Crippen LogP) is 1.90. The minimum absolute atomic E-state index is 0.812. The highest BCUT2D eigenvalue weighted by Crippen LogP contribution is 2.13. The summed E-state index contributed by atoms with van der Waals surface area (Å²) in [6.45, 7) is 7.89. The van der Waals surface area contributed by atoms with E-state index in [1.807, 2.05) is 12.3 Å². The minimum atomic E-state index is 0.812. The van der Waals surface area contributed by atoms with Crippen molar-refractivity contribution in [3.8, 4) is 0 Å². The van der Waals surface area contributed by atoms with Crippen LogP contribution in [-0.4, -0.2) is 36.1 Å². The van der Waals surface area contributed by atoms with Crippen LogP contribution in [0.3, 0.4) is 0 Å². The second-order valence-electron chi connectivity index (χ2n) is 4.86. The molecule has 1 aliphatic rings. The van der Waals surface area contributed by atoms with Crippen molar-refractivity contribution in [1.29, 1.82) is 0 Å². The summed E-state index contributed by atoms with van der Waals surface area (Å²) < 4.78 is 0. The number of hydrogen-bond donors (Lipinski definition) is 1. The number of nitrogens with zero attached hydrogens (tertiary/aromatic N) is 2. The normalized spacial score (nSPS) is 20.7. The third-order valence-corrected chi connectivity index (χ3v) is 3.47. The summed E-state index contributed by atoms with van der Waals surface area (Å²) >= 11 is 0. The molecule has 2 heterocycles. The molecule has 1 aromatic rings. The monoisotopic (exact) mass is 233 g/mol. The van der Waals surface area contributed by atoms with E-state index in [1.165, 1.54) is 38.2 Å². The van der Waals surface area contributed by atoms with Gasteiger partial charge in [0.25, 0.3) is 0 Å². The fourth-order valence-corrected chi connectivity index (χ4v) is 2.47. The van der Waals surface area contributed by atoms with Crippen LogP contribution in [0.5, 0.6) is 0 Å². The lowest BCUT2D eigenvalue weighted by Gasteiger charge is -2.29. The summed E-state index contributed by atoms with van der Waals surface area (Å²) in [4.78, 5) is 6.90. The Morgan fingerprint density at radius 3 is 3.06 bits per heavy atom. The van der Waals surface area contributed by atoms with E-state index in [1.54, 1.807) is 0 Å². The Labute approximate surface area is 104 Å². The number of nitrogens with one attached hydrogen (secondary N) is 1. The summed E-state index contributed by atoms with van der Waals surface area (Å²) in [6, 6.07) is 6.16. The number of pyridine rings is 1. The van der Waals surface area contributed by atoms with Gasteiger partial charge in [-0.05, 0) is 50.5 Å². The van der Waals surface area contributed by atoms with Gasteiger partial charge in [-0.15, -0.1) is 0 Å². The zero-order chi connectivity index (χ0) is 11.9. The molecule has 17 heavy (non-hydrogen) atoms. The van der Waals surface area contributed by atoms with Crippen molar-refractivity contribution >= 4 is 0 Å². The molecule has 1 N–H and O–H groups in total. The van der Waals surface area contributed by atoms with Crippen molar-refractivity contribution in [2.45, 2.75) is 26.3 Å². The SMILES string of the molecule is CCN(Cc1ccccn1)CC1CCCNC1. The molecule has 0 aliphatic carbocycles. The van der Waals surface area contributed by atoms with Crippen LogP contribution in [0.25, 0.3) is 0 Å². The Morgan fingerprint density at radius 2 is 2.41 bits per heavy atom. The lowest BCUT2D eigenvalue weighted by Crippen LogP contribution is -2.38. The molecular weight excluding hydrogens is 210 g/mol. The van der Waals surface area contributed by atoms with Crippen molar-refractivity contribution < 1.29 is 0 Å². The van der Waals surface area contributed by atoms with Crippen LogP contribution in [0.2, 0.25) is 0 Å². The molecule has 0 amide bonds. The number of piperidine rings is 1. The van der Waals surface area contributed by atoms with Crippen LogP contribution < -0.4 is 5.32 Å². The highest BCUT2D eigenvalue weighted by Gasteiger charge is 2.16. The Morgan fingerprint density at radius 1 is 1.47 bits per heavy atom. The van der Waals surface area contributed by atoms with Crippen molar-refractivity contribution in [3.63, 3.8) is 0 Å². The van der Waals surface area contributed by atoms with E-state index in [0.717, 1.165) is 19.0 Å². The van der Waals surface area contributed by atoms with Crippen molar-refractivity contribution in [3.05, 3.63) is 30.1 Å². The average Bonchev–Trinajstić information content (AvgIpc) is 2.40. The molecule has 0 aromatic carbocycles. The van der Waals surface area contributed by atoms with Gasteiger partial charge >= 0.3 is 0 Å². The van der Waals surface area contributed by atoms with E-state index in [4.69, 9.17) is 0 Å². The zero-order valence-electron chi connectivity index (χ0n) is 10.7. The maximum Gasteiger partial charge on any atom is 0.0543 e. The molecule has 0 spiro atoms. The highest BCUT2D eigenvalue weighted by atomic mass is 15.1. The first-order chi connectivity index (χ1) is 8.38. The third kappa shape index (κ3) is 4.10. The first kappa shape index (κ1) is 12.5. The summed E-state index contributed by atoms with van der Waals surface area (Å²) in [5, 5.41) is 3.49. The second kappa shape index (κ2) is 6.72. The van der Waals surface area contributed by atoms with Gasteiger partial charge in [-0.3, -0.25) is 9.88 Å². The summed E-state index contributed by atoms with van der Waals surface area (Å²) in [7, 11) is 0. The van der Waals surface area contributed by atoms with E-state index in [0.29, 0.717) is 0 Å². The minimum Gasteiger partial charge on any atom is -0.316 e. The first-order valence-electron chi connectivity index (χ1n) is 6.71. The molecule has 1 aromatic heterocycles. The van der Waals surface area contributed by atoms with Crippen LogP contribution in [0.1, 0.15) is 25.5 Å². The summed E-state index contributed by atoms with van der Waals surface area (Å²) in [6.07, 6.45) is 4.57. The van der Waals surface area contributed by atoms with Crippen molar-refractivity contribution in [1.82, 2.24) is 15.2 Å². The van der Waals surface area contributed by atoms with Gasteiger partial charge in [-0.1, -0.05) is 13.0 Å². The molecule has 1 atom stereocenters. The molecule has 0 radical (unpaired) electrons. The maximum atomic E-state index is 4.40. The summed E-state index contributed by atoms with van der Waals surface area (Å²) in [5.41, 5.74) is 1.18. The average molecular weight is 233 g/mol. The lowest BCUT2D eigenvalue weighted by atomic mass is 9.99. The Balaban J connectivity index is 1.83. The predicted molar refractivity (Wildman–Crippen MR) is 70.8 cm³/mol. The van der Waals surface area contributed by atoms with E-state index < -0.39 is 0 Å². The Bertz CT molecular complexity index is 307. The molecule has 94 valence electrons. The highest BCUT2D eigenvalue weighted by molar-refractivity contribution is 5.03. The van der Waals surface area contributed by atoms with Crippen LogP contribution in [-0.2, 0) is 6.54 Å². The second-order valence-corrected chi connectivity index (χ2v) is 4.86. The number of hydrogen-bond acceptors (Lipinski definition) is 3. The zero-order valence-corrected chi connectivity index (χ0v) is 10.7. The van der Waals surface area contributed by atoms with E-state index in [-0.39, 0.29) is 0 Å². The van der Waals surface area contributed by atoms with Gasteiger partial charge in [0.05, 0.1) is 5.69 Å². The fraction of sp³-hybridized carbons (Fsp3) is 0.643. The van der Waals surface area contributed by atoms with Gasteiger partial charge in [-0.2, -0.15) is 0 Å². The molecule has 2 rings (SSSR count). The standard InChI is InChI=1S/C14H23N3/c1-2-17(11-13-6-5-8-15-10-13)12-14-7-3-4-9-16-14/h3-4,7,9,13,15H,2,5-6,8,10-12H2,1H3. The smallest absolute Gasteiger partial charge is 0.0543 e. The van der Waals surface area contributed by atoms with Gasteiger partial charge in [-0.25, -0.2) is 0 Å². The van der Waals surface area contributed by atoms with Gasteiger partial charge in [0.2, 0.25) is 0 Å². The Hall–Kier alpha value is -0.930. The van der Waals surface area contributed by atoms with Gasteiger partial charge in [0.1, 0.15) is 0 Å². The molecule has 1 saturated heterocycles. The van der Waals surface area contributed by atoms with Crippen LogP contribution in [0.4, 0.5) is 0 Å². The van der Waals surface area contributed by atoms with Gasteiger partial charge in [0.15, 0.2) is 0 Å². The molecule has 0 saturated carbocycles. The quantitative estimate of drug-likeness (QED) is 0.842. The third-order valence-electron chi connectivity index (χ3n) is 3.47. The molecule has 0 bridgehead atoms. The molecule has 1 unspecified atom stereocenters. The molecular formula is C14H23N3. The number of rotatable bonds is 5. The van der Waals surface area contributed by atoms with Crippen molar-refractivity contribution in [2.24, 2.45) is 5.92 Å².